The molecule has 13 nitrogen and oxygen atoms in total. The number of aryl methyl sites for hydroxylation is 2. The molecule has 0 saturated heterocycles. The Labute approximate surface area is 335 Å². The number of rotatable bonds is 24. The van der Waals surface area contributed by atoms with E-state index in [-0.39, 0.29) is 30.9 Å². The van der Waals surface area contributed by atoms with Gasteiger partial charge >= 0.3 is 0 Å². The normalized spacial score (nSPS) is 12.6. The van der Waals surface area contributed by atoms with E-state index in [1.165, 1.54) is 0 Å². The van der Waals surface area contributed by atoms with Crippen LogP contribution in [0.25, 0.3) is 0 Å². The molecule has 4 aromatic rings. The summed E-state index contributed by atoms with van der Waals surface area (Å²) in [6.45, 7) is 0.849. The van der Waals surface area contributed by atoms with Gasteiger partial charge in [0.1, 0.15) is 11.5 Å². The highest BCUT2D eigenvalue weighted by Crippen LogP contribution is 2.31. The lowest BCUT2D eigenvalue weighted by molar-refractivity contribution is -0.123. The minimum absolute atomic E-state index is 0.0822. The molecule has 0 radical (unpaired) electrons. The first-order chi connectivity index (χ1) is 27.5. The molecule has 0 bridgehead atoms. The molecule has 308 valence electrons. The molecule has 4 rings (SSSR count). The molecule has 0 aromatic heterocycles. The largest absolute Gasteiger partial charge is 0.493 e. The zero-order valence-electron chi connectivity index (χ0n) is 33.8. The minimum atomic E-state index is -0.729. The van der Waals surface area contributed by atoms with E-state index >= 15 is 0 Å². The average Bonchev–Trinajstić information content (AvgIpc) is 3.23. The van der Waals surface area contributed by atoms with Crippen LogP contribution in [0.5, 0.6) is 34.5 Å². The Morgan fingerprint density at radius 3 is 1.40 bits per heavy atom. The van der Waals surface area contributed by atoms with E-state index < -0.39 is 12.2 Å². The summed E-state index contributed by atoms with van der Waals surface area (Å²) in [7, 11) is 10.2. The maximum atomic E-state index is 12.8. The number of methoxy groups -OCH3 is 4. The molecule has 0 saturated carbocycles. The fraction of sp³-hybridized carbons (Fsp3) is 0.409. The number of aliphatic hydroxyl groups is 2. The molecule has 0 aliphatic heterocycles. The van der Waals surface area contributed by atoms with E-state index in [2.05, 4.69) is 10.6 Å². The van der Waals surface area contributed by atoms with Gasteiger partial charge in [0.2, 0.25) is 0 Å². The van der Waals surface area contributed by atoms with Gasteiger partial charge in [-0.25, -0.2) is 0 Å². The minimum Gasteiger partial charge on any atom is -0.493 e. The van der Waals surface area contributed by atoms with E-state index in [9.17, 15) is 19.8 Å². The monoisotopic (exact) mass is 787 g/mol. The topological polar surface area (TPSA) is 157 Å². The third kappa shape index (κ3) is 14.5. The van der Waals surface area contributed by atoms with Crippen molar-refractivity contribution in [1.82, 2.24) is 15.5 Å². The Morgan fingerprint density at radius 2 is 1.02 bits per heavy atom. The van der Waals surface area contributed by atoms with Gasteiger partial charge in [-0.15, -0.1) is 0 Å². The number of aliphatic hydroxyl groups excluding tert-OH is 2. The number of nitrogens with zero attached hydrogens (tertiary/aromatic N) is 1. The van der Waals surface area contributed by atoms with Crippen molar-refractivity contribution in [2.24, 2.45) is 5.92 Å². The van der Waals surface area contributed by atoms with E-state index in [0.29, 0.717) is 90.9 Å². The van der Waals surface area contributed by atoms with E-state index in [1.807, 2.05) is 67.5 Å². The van der Waals surface area contributed by atoms with Gasteiger partial charge in [0.05, 0.1) is 40.6 Å². The first-order valence-electron chi connectivity index (χ1n) is 18.9. The molecule has 0 spiro atoms. The van der Waals surface area contributed by atoms with Gasteiger partial charge in [0, 0.05) is 25.6 Å². The van der Waals surface area contributed by atoms with Crippen LogP contribution in [0.3, 0.4) is 0 Å². The number of ether oxygens (including phenoxy) is 6. The summed E-state index contributed by atoms with van der Waals surface area (Å²) in [5.41, 5.74) is 3.39. The van der Waals surface area contributed by atoms with Crippen LogP contribution in [0, 0.1) is 5.92 Å². The van der Waals surface area contributed by atoms with Crippen LogP contribution < -0.4 is 39.1 Å². The Bertz CT molecular complexity index is 1740. The number of amides is 2. The van der Waals surface area contributed by atoms with E-state index in [4.69, 9.17) is 28.4 Å². The number of hydrogen-bond donors (Lipinski definition) is 4. The predicted molar refractivity (Wildman–Crippen MR) is 218 cm³/mol. The smallest absolute Gasteiger partial charge is 0.257 e. The second kappa shape index (κ2) is 22.9. The van der Waals surface area contributed by atoms with Crippen LogP contribution in [0.1, 0.15) is 47.3 Å². The van der Waals surface area contributed by atoms with Gasteiger partial charge in [0.25, 0.3) is 11.8 Å². The van der Waals surface area contributed by atoms with Crippen molar-refractivity contribution in [2.75, 3.05) is 75.4 Å². The standard InChI is InChI=1S/C44H57N3O10/c1-47(2)27-32(25-45-43(50)28-56-35-11-7-9-33(23-35)37(48)17-13-30-15-19-39(52-3)41(21-30)54-5)26-46-44(51)29-57-36-12-8-10-34(24-36)38(49)18-14-31-16-20-40(53-4)42(22-31)55-6/h7-12,15-16,19-24,32,37-38,48-49H,13-14,17-18,25-29H2,1-6H3,(H,45,50)(H,46,51)/t32?,37-,38?/m1/s1. The summed E-state index contributed by atoms with van der Waals surface area (Å²) in [4.78, 5) is 27.5. The fourth-order valence-corrected chi connectivity index (χ4v) is 6.27. The van der Waals surface area contributed by atoms with Crippen molar-refractivity contribution in [3.05, 3.63) is 107 Å². The second-order valence-electron chi connectivity index (χ2n) is 13.9. The Kier molecular flexibility index (Phi) is 17.8. The Morgan fingerprint density at radius 1 is 0.596 bits per heavy atom. The molecule has 4 N–H and O–H groups in total. The predicted octanol–water partition coefficient (Wildman–Crippen LogP) is 4.92. The van der Waals surface area contributed by atoms with Gasteiger partial charge in [-0.1, -0.05) is 36.4 Å². The quantitative estimate of drug-likeness (QED) is 0.0765. The molecule has 13 heteroatoms. The van der Waals surface area contributed by atoms with E-state index in [0.717, 1.165) is 11.1 Å². The van der Waals surface area contributed by atoms with Crippen molar-refractivity contribution in [1.29, 1.82) is 0 Å². The first-order valence-corrected chi connectivity index (χ1v) is 18.9. The number of carbonyl (C=O) groups is 2. The second-order valence-corrected chi connectivity index (χ2v) is 13.9. The van der Waals surface area contributed by atoms with Crippen molar-refractivity contribution in [3.8, 4) is 34.5 Å². The van der Waals surface area contributed by atoms with Crippen LogP contribution >= 0.6 is 0 Å². The molecule has 3 atom stereocenters. The molecule has 4 aromatic carbocycles. The van der Waals surface area contributed by atoms with Gasteiger partial charge < -0.3 is 54.2 Å². The number of hydrogen-bond acceptors (Lipinski definition) is 11. The summed E-state index contributed by atoms with van der Waals surface area (Å²) >= 11 is 0. The van der Waals surface area contributed by atoms with Gasteiger partial charge in [-0.05, 0) is 111 Å². The third-order valence-electron chi connectivity index (χ3n) is 9.33. The zero-order chi connectivity index (χ0) is 41.2. The highest BCUT2D eigenvalue weighted by atomic mass is 16.5. The first kappa shape index (κ1) is 44.2. The summed E-state index contributed by atoms with van der Waals surface area (Å²) < 4.78 is 32.9. The SMILES string of the molecule is COc1ccc(CCC(O)c2cccc(OCC(=O)NCC(CNC(=O)COc3cccc([C@H](O)CCc4ccc(OC)c(OC)c4)c3)CN(C)C)c2)cc1OC. The molecule has 0 aliphatic rings. The molecule has 2 unspecified atom stereocenters. The Hall–Kier alpha value is -5.50. The summed E-state index contributed by atoms with van der Waals surface area (Å²) in [5, 5.41) is 27.5. The molecule has 0 aliphatic carbocycles. The number of carbonyl (C=O) groups excluding carboxylic acids is 2. The number of nitrogens with one attached hydrogen (secondary N) is 2. The van der Waals surface area contributed by atoms with Crippen LogP contribution in [0.2, 0.25) is 0 Å². The maximum Gasteiger partial charge on any atom is 0.257 e. The van der Waals surface area contributed by atoms with Crippen LogP contribution in [-0.4, -0.2) is 102 Å². The lowest BCUT2D eigenvalue weighted by Crippen LogP contribution is -2.43. The lowest BCUT2D eigenvalue weighted by Gasteiger charge is -2.22. The van der Waals surface area contributed by atoms with Crippen LogP contribution in [-0.2, 0) is 22.4 Å². The van der Waals surface area contributed by atoms with Crippen molar-refractivity contribution < 1.29 is 48.2 Å². The molecular weight excluding hydrogens is 730 g/mol. The highest BCUT2D eigenvalue weighted by molar-refractivity contribution is 5.78. The average molecular weight is 788 g/mol. The molecule has 2 amide bonds. The van der Waals surface area contributed by atoms with Gasteiger partial charge in [0.15, 0.2) is 36.2 Å². The third-order valence-corrected chi connectivity index (χ3v) is 9.33. The Balaban J connectivity index is 1.18. The highest BCUT2D eigenvalue weighted by Gasteiger charge is 2.16. The molecule has 0 fully saturated rings. The van der Waals surface area contributed by atoms with Crippen molar-refractivity contribution in [2.45, 2.75) is 37.9 Å². The van der Waals surface area contributed by atoms with Crippen LogP contribution in [0.4, 0.5) is 0 Å². The van der Waals surface area contributed by atoms with E-state index in [1.54, 1.807) is 64.8 Å². The zero-order valence-corrected chi connectivity index (χ0v) is 33.8. The summed E-state index contributed by atoms with van der Waals surface area (Å²) in [5.74, 6) is 2.82. The number of benzene rings is 4. The molecular formula is C44H57N3O10. The summed E-state index contributed by atoms with van der Waals surface area (Å²) in [6, 6.07) is 25.5. The van der Waals surface area contributed by atoms with Gasteiger partial charge in [-0.3, -0.25) is 9.59 Å². The van der Waals surface area contributed by atoms with Crippen molar-refractivity contribution in [3.63, 3.8) is 0 Å². The molecule has 57 heavy (non-hydrogen) atoms. The maximum absolute atomic E-state index is 12.8. The fourth-order valence-electron chi connectivity index (χ4n) is 6.27. The van der Waals surface area contributed by atoms with Crippen molar-refractivity contribution >= 4 is 11.8 Å². The van der Waals surface area contributed by atoms with Gasteiger partial charge in [-0.2, -0.15) is 0 Å². The molecule has 0 heterocycles. The summed E-state index contributed by atoms with van der Waals surface area (Å²) in [6.07, 6.45) is 0.757. The van der Waals surface area contributed by atoms with Crippen LogP contribution in [0.15, 0.2) is 84.9 Å². The lowest BCUT2D eigenvalue weighted by atomic mass is 10.0.